The minimum Gasteiger partial charge on any atom is -0.313 e. The van der Waals surface area contributed by atoms with Crippen molar-refractivity contribution in [2.75, 3.05) is 0 Å². The first-order valence-corrected chi connectivity index (χ1v) is 7.93. The molecule has 0 spiro atoms. The summed E-state index contributed by atoms with van der Waals surface area (Å²) in [6, 6.07) is 10.7. The minimum atomic E-state index is -2.64. The molecule has 0 aliphatic heterocycles. The molecule has 1 rings (SSSR count). The molecule has 0 saturated carbocycles. The largest absolute Gasteiger partial charge is 0.313 e. The second-order valence-corrected chi connectivity index (χ2v) is 9.42. The highest BCUT2D eigenvalue weighted by atomic mass is 28.4. The van der Waals surface area contributed by atoms with Gasteiger partial charge < -0.3 is 4.11 Å². The van der Waals surface area contributed by atoms with E-state index in [1.165, 1.54) is 0 Å². The SMILES string of the molecule is CC(C)[Si](F)(Cc1ccccc1)C(C)C. The van der Waals surface area contributed by atoms with Crippen LogP contribution in [0.4, 0.5) is 4.11 Å². The maximum absolute atomic E-state index is 14.9. The summed E-state index contributed by atoms with van der Waals surface area (Å²) in [6.45, 7) is 8.09. The molecule has 1 aromatic rings. The zero-order valence-corrected chi connectivity index (χ0v) is 11.1. The maximum atomic E-state index is 14.9. The molecule has 0 nitrogen and oxygen atoms in total. The van der Waals surface area contributed by atoms with Crippen LogP contribution in [0.5, 0.6) is 0 Å². The van der Waals surface area contributed by atoms with Crippen LogP contribution in [0.25, 0.3) is 0 Å². The van der Waals surface area contributed by atoms with E-state index >= 15 is 0 Å². The van der Waals surface area contributed by atoms with Crippen LogP contribution in [0.1, 0.15) is 33.3 Å². The molecule has 0 amide bonds. The molecule has 0 saturated heterocycles. The van der Waals surface area contributed by atoms with E-state index in [4.69, 9.17) is 0 Å². The Bertz CT molecular complexity index is 285. The van der Waals surface area contributed by atoms with Crippen LogP contribution in [0.3, 0.4) is 0 Å². The molecular formula is C13H21FSi. The van der Waals surface area contributed by atoms with Crippen molar-refractivity contribution in [2.24, 2.45) is 0 Å². The third-order valence-electron chi connectivity index (χ3n) is 3.24. The predicted octanol–water partition coefficient (Wildman–Crippen LogP) is 4.50. The Balaban J connectivity index is 2.85. The second kappa shape index (κ2) is 4.93. The number of hydrogen-bond donors (Lipinski definition) is 0. The lowest BCUT2D eigenvalue weighted by atomic mass is 10.2. The summed E-state index contributed by atoms with van der Waals surface area (Å²) >= 11 is 0. The van der Waals surface area contributed by atoms with Crippen molar-refractivity contribution in [2.45, 2.75) is 44.8 Å². The number of benzene rings is 1. The van der Waals surface area contributed by atoms with Crippen molar-refractivity contribution in [3.8, 4) is 0 Å². The Morgan fingerprint density at radius 1 is 1.00 bits per heavy atom. The lowest BCUT2D eigenvalue weighted by Gasteiger charge is -2.30. The average molecular weight is 224 g/mol. The highest BCUT2D eigenvalue weighted by molar-refractivity contribution is 6.75. The van der Waals surface area contributed by atoms with Gasteiger partial charge in [0, 0.05) is 0 Å². The van der Waals surface area contributed by atoms with E-state index in [1.54, 1.807) is 0 Å². The van der Waals surface area contributed by atoms with Crippen molar-refractivity contribution in [3.63, 3.8) is 0 Å². The standard InChI is InChI=1S/C13H21FSi/c1-11(2)15(14,12(3)4)10-13-8-6-5-7-9-13/h5-9,11-12H,10H2,1-4H3. The highest BCUT2D eigenvalue weighted by Gasteiger charge is 2.41. The zero-order valence-electron chi connectivity index (χ0n) is 10.1. The van der Waals surface area contributed by atoms with Crippen LogP contribution in [-0.2, 0) is 6.04 Å². The quantitative estimate of drug-likeness (QED) is 0.521. The molecule has 0 unspecified atom stereocenters. The van der Waals surface area contributed by atoms with Crippen LogP contribution in [-0.4, -0.2) is 8.41 Å². The first-order chi connectivity index (χ1) is 6.97. The molecule has 0 aliphatic rings. The molecule has 0 fully saturated rings. The van der Waals surface area contributed by atoms with Gasteiger partial charge in [0.05, 0.1) is 0 Å². The van der Waals surface area contributed by atoms with Gasteiger partial charge in [-0.25, -0.2) is 0 Å². The van der Waals surface area contributed by atoms with Gasteiger partial charge in [-0.1, -0.05) is 58.0 Å². The van der Waals surface area contributed by atoms with Crippen molar-refractivity contribution in [1.82, 2.24) is 0 Å². The smallest absolute Gasteiger partial charge is 0.256 e. The predicted molar refractivity (Wildman–Crippen MR) is 67.2 cm³/mol. The van der Waals surface area contributed by atoms with Gasteiger partial charge in [0.25, 0.3) is 8.41 Å². The van der Waals surface area contributed by atoms with Crippen LogP contribution in [0.15, 0.2) is 30.3 Å². The molecule has 1 aromatic carbocycles. The normalized spacial score (nSPS) is 12.5. The van der Waals surface area contributed by atoms with Gasteiger partial charge in [0.1, 0.15) is 0 Å². The average Bonchev–Trinajstić information content (AvgIpc) is 2.18. The molecular weight excluding hydrogens is 203 g/mol. The third kappa shape index (κ3) is 2.91. The van der Waals surface area contributed by atoms with E-state index in [0.29, 0.717) is 6.04 Å². The summed E-state index contributed by atoms with van der Waals surface area (Å²) < 4.78 is 14.9. The Morgan fingerprint density at radius 2 is 1.47 bits per heavy atom. The van der Waals surface area contributed by atoms with E-state index in [9.17, 15) is 4.11 Å². The van der Waals surface area contributed by atoms with Crippen molar-refractivity contribution in [3.05, 3.63) is 35.9 Å². The van der Waals surface area contributed by atoms with Gasteiger partial charge in [-0.15, -0.1) is 0 Å². The van der Waals surface area contributed by atoms with Gasteiger partial charge in [-0.3, -0.25) is 0 Å². The molecule has 0 atom stereocenters. The van der Waals surface area contributed by atoms with Crippen LogP contribution in [0.2, 0.25) is 11.1 Å². The van der Waals surface area contributed by atoms with E-state index in [2.05, 4.69) is 0 Å². The summed E-state index contributed by atoms with van der Waals surface area (Å²) in [4.78, 5) is 0. The van der Waals surface area contributed by atoms with Crippen LogP contribution in [0, 0.1) is 0 Å². The summed E-state index contributed by atoms with van der Waals surface area (Å²) in [5, 5.41) is 0. The maximum Gasteiger partial charge on any atom is 0.256 e. The summed E-state index contributed by atoms with van der Waals surface area (Å²) in [7, 11) is -2.64. The molecule has 0 N–H and O–H groups in total. The topological polar surface area (TPSA) is 0 Å². The summed E-state index contributed by atoms with van der Waals surface area (Å²) in [5.74, 6) is 0. The van der Waals surface area contributed by atoms with Gasteiger partial charge in [-0.2, -0.15) is 0 Å². The van der Waals surface area contributed by atoms with Crippen molar-refractivity contribution >= 4 is 8.41 Å². The Morgan fingerprint density at radius 3 is 1.87 bits per heavy atom. The first-order valence-electron chi connectivity index (χ1n) is 5.69. The summed E-state index contributed by atoms with van der Waals surface area (Å²) in [6.07, 6.45) is 0. The van der Waals surface area contributed by atoms with Crippen LogP contribution >= 0.6 is 0 Å². The number of halogens is 1. The van der Waals surface area contributed by atoms with E-state index < -0.39 is 8.41 Å². The molecule has 84 valence electrons. The molecule has 0 radical (unpaired) electrons. The van der Waals surface area contributed by atoms with Crippen LogP contribution < -0.4 is 0 Å². The molecule has 0 aromatic heterocycles. The second-order valence-electron chi connectivity index (χ2n) is 4.90. The molecule has 0 aliphatic carbocycles. The molecule has 0 bridgehead atoms. The number of hydrogen-bond acceptors (Lipinski definition) is 0. The Hall–Kier alpha value is -0.633. The molecule has 0 heterocycles. The first kappa shape index (κ1) is 12.4. The van der Waals surface area contributed by atoms with Crippen molar-refractivity contribution in [1.29, 1.82) is 0 Å². The minimum absolute atomic E-state index is 0.192. The zero-order chi connectivity index (χ0) is 11.5. The molecule has 15 heavy (non-hydrogen) atoms. The lowest BCUT2D eigenvalue weighted by molar-refractivity contribution is 0.664. The van der Waals surface area contributed by atoms with E-state index in [0.717, 1.165) is 5.56 Å². The highest BCUT2D eigenvalue weighted by Crippen LogP contribution is 2.36. The van der Waals surface area contributed by atoms with E-state index in [-0.39, 0.29) is 11.1 Å². The number of rotatable bonds is 4. The van der Waals surface area contributed by atoms with Gasteiger partial charge >= 0.3 is 0 Å². The third-order valence-corrected chi connectivity index (χ3v) is 8.03. The summed E-state index contributed by atoms with van der Waals surface area (Å²) in [5.41, 5.74) is 1.53. The molecule has 2 heteroatoms. The van der Waals surface area contributed by atoms with Gasteiger partial charge in [-0.05, 0) is 22.7 Å². The van der Waals surface area contributed by atoms with Crippen molar-refractivity contribution < 1.29 is 4.11 Å². The Labute approximate surface area is 93.7 Å². The Kier molecular flexibility index (Phi) is 4.09. The fourth-order valence-corrected chi connectivity index (χ4v) is 4.99. The van der Waals surface area contributed by atoms with Gasteiger partial charge in [0.2, 0.25) is 0 Å². The monoisotopic (exact) mass is 224 g/mol. The van der Waals surface area contributed by atoms with Gasteiger partial charge in [0.15, 0.2) is 0 Å². The lowest BCUT2D eigenvalue weighted by Crippen LogP contribution is -2.39. The van der Waals surface area contributed by atoms with E-state index in [1.807, 2.05) is 58.0 Å². The fraction of sp³-hybridized carbons (Fsp3) is 0.538. The fourth-order valence-electron chi connectivity index (χ4n) is 1.98.